The van der Waals surface area contributed by atoms with E-state index in [0.717, 1.165) is 5.56 Å². The normalized spacial score (nSPS) is 10.4. The fourth-order valence-corrected chi connectivity index (χ4v) is 2.32. The summed E-state index contributed by atoms with van der Waals surface area (Å²) in [5.41, 5.74) is 7.12. The summed E-state index contributed by atoms with van der Waals surface area (Å²) < 4.78 is 5.70. The third kappa shape index (κ3) is 2.83. The summed E-state index contributed by atoms with van der Waals surface area (Å²) in [6.07, 6.45) is 0. The summed E-state index contributed by atoms with van der Waals surface area (Å²) in [6.45, 7) is 1.86. The van der Waals surface area contributed by atoms with Gasteiger partial charge in [-0.2, -0.15) is 0 Å². The van der Waals surface area contributed by atoms with Crippen molar-refractivity contribution in [3.05, 3.63) is 51.0 Å². The van der Waals surface area contributed by atoms with Crippen LogP contribution in [0.3, 0.4) is 0 Å². The first-order valence-electron chi connectivity index (χ1n) is 5.16. The molecular formula is C13H10Cl3NO. The van der Waals surface area contributed by atoms with Crippen LogP contribution in [0.25, 0.3) is 0 Å². The van der Waals surface area contributed by atoms with E-state index in [1.807, 2.05) is 6.92 Å². The van der Waals surface area contributed by atoms with Crippen LogP contribution in [-0.4, -0.2) is 0 Å². The van der Waals surface area contributed by atoms with Gasteiger partial charge in [-0.15, -0.1) is 0 Å². The smallest absolute Gasteiger partial charge is 0.149 e. The first-order chi connectivity index (χ1) is 8.47. The van der Waals surface area contributed by atoms with E-state index in [9.17, 15) is 0 Å². The SMILES string of the molecule is Cc1cc(N)cc(Cl)c1Oc1ccc(Cl)cc1Cl. The Balaban J connectivity index is 2.40. The predicted octanol–water partition coefficient (Wildman–Crippen LogP) is 5.33. The van der Waals surface area contributed by atoms with E-state index in [2.05, 4.69) is 0 Å². The van der Waals surface area contributed by atoms with E-state index in [0.29, 0.717) is 32.3 Å². The summed E-state index contributed by atoms with van der Waals surface area (Å²) in [5.74, 6) is 1.03. The molecule has 0 spiro atoms. The van der Waals surface area contributed by atoms with Crippen LogP contribution in [-0.2, 0) is 0 Å². The molecule has 2 N–H and O–H groups in total. The molecule has 0 saturated carbocycles. The molecule has 2 aromatic rings. The monoisotopic (exact) mass is 301 g/mol. The van der Waals surface area contributed by atoms with Gasteiger partial charge < -0.3 is 10.5 Å². The minimum atomic E-state index is 0.426. The van der Waals surface area contributed by atoms with Crippen molar-refractivity contribution in [3.63, 3.8) is 0 Å². The summed E-state index contributed by atoms with van der Waals surface area (Å²) >= 11 is 18.0. The molecule has 0 unspecified atom stereocenters. The van der Waals surface area contributed by atoms with Gasteiger partial charge in [0, 0.05) is 10.7 Å². The van der Waals surface area contributed by atoms with Gasteiger partial charge in [0.2, 0.25) is 0 Å². The fraction of sp³-hybridized carbons (Fsp3) is 0.0769. The van der Waals surface area contributed by atoms with Crippen molar-refractivity contribution >= 4 is 40.5 Å². The Morgan fingerprint density at radius 2 is 1.72 bits per heavy atom. The number of aryl methyl sites for hydroxylation is 1. The van der Waals surface area contributed by atoms with Gasteiger partial charge in [-0.3, -0.25) is 0 Å². The minimum Gasteiger partial charge on any atom is -0.454 e. The zero-order valence-electron chi connectivity index (χ0n) is 9.51. The maximum atomic E-state index is 6.09. The highest BCUT2D eigenvalue weighted by molar-refractivity contribution is 6.35. The number of halogens is 3. The van der Waals surface area contributed by atoms with Crippen molar-refractivity contribution in [1.82, 2.24) is 0 Å². The van der Waals surface area contributed by atoms with Crippen molar-refractivity contribution in [2.75, 3.05) is 5.73 Å². The highest BCUT2D eigenvalue weighted by atomic mass is 35.5. The average Bonchev–Trinajstić information content (AvgIpc) is 2.25. The molecule has 2 rings (SSSR count). The fourth-order valence-electron chi connectivity index (χ4n) is 1.55. The molecule has 0 amide bonds. The van der Waals surface area contributed by atoms with Gasteiger partial charge >= 0.3 is 0 Å². The van der Waals surface area contributed by atoms with E-state index >= 15 is 0 Å². The van der Waals surface area contributed by atoms with Crippen LogP contribution in [0.15, 0.2) is 30.3 Å². The lowest BCUT2D eigenvalue weighted by molar-refractivity contribution is 0.479. The highest BCUT2D eigenvalue weighted by Crippen LogP contribution is 2.37. The second-order valence-electron chi connectivity index (χ2n) is 3.83. The number of benzene rings is 2. The van der Waals surface area contributed by atoms with Crippen LogP contribution in [0, 0.1) is 6.92 Å². The molecule has 0 aliphatic heterocycles. The lowest BCUT2D eigenvalue weighted by atomic mass is 10.2. The van der Waals surface area contributed by atoms with Crippen molar-refractivity contribution in [2.24, 2.45) is 0 Å². The van der Waals surface area contributed by atoms with Gasteiger partial charge in [-0.05, 0) is 42.8 Å². The van der Waals surface area contributed by atoms with Crippen LogP contribution in [0.2, 0.25) is 15.1 Å². The summed E-state index contributed by atoms with van der Waals surface area (Å²) in [4.78, 5) is 0. The number of ether oxygens (including phenoxy) is 1. The molecule has 0 fully saturated rings. The lowest BCUT2D eigenvalue weighted by Gasteiger charge is -2.12. The van der Waals surface area contributed by atoms with Crippen LogP contribution < -0.4 is 10.5 Å². The molecule has 0 heterocycles. The Morgan fingerprint density at radius 1 is 1.00 bits per heavy atom. The Morgan fingerprint density at radius 3 is 2.33 bits per heavy atom. The molecule has 2 aromatic carbocycles. The topological polar surface area (TPSA) is 35.2 Å². The molecule has 0 aliphatic carbocycles. The summed E-state index contributed by atoms with van der Waals surface area (Å²) in [5, 5.41) is 1.42. The van der Waals surface area contributed by atoms with Gasteiger partial charge in [0.15, 0.2) is 0 Å². The first kappa shape index (κ1) is 13.3. The molecule has 0 saturated heterocycles. The Bertz CT molecular complexity index is 576. The van der Waals surface area contributed by atoms with Gasteiger partial charge in [0.1, 0.15) is 11.5 Å². The zero-order chi connectivity index (χ0) is 13.3. The van der Waals surface area contributed by atoms with Gasteiger partial charge in [0.05, 0.1) is 10.0 Å². The van der Waals surface area contributed by atoms with Crippen molar-refractivity contribution < 1.29 is 4.74 Å². The third-order valence-electron chi connectivity index (χ3n) is 2.36. The van der Waals surface area contributed by atoms with Gasteiger partial charge in [-0.25, -0.2) is 0 Å². The molecular weight excluding hydrogens is 293 g/mol. The molecule has 94 valence electrons. The molecule has 0 atom stereocenters. The Labute approximate surface area is 120 Å². The molecule has 0 aliphatic rings. The molecule has 0 radical (unpaired) electrons. The van der Waals surface area contributed by atoms with Crippen molar-refractivity contribution in [3.8, 4) is 11.5 Å². The van der Waals surface area contributed by atoms with E-state index in [-0.39, 0.29) is 0 Å². The van der Waals surface area contributed by atoms with Gasteiger partial charge in [-0.1, -0.05) is 34.8 Å². The maximum Gasteiger partial charge on any atom is 0.149 e. The molecule has 0 aromatic heterocycles. The molecule has 2 nitrogen and oxygen atoms in total. The summed E-state index contributed by atoms with van der Waals surface area (Å²) in [7, 11) is 0. The van der Waals surface area contributed by atoms with E-state index in [1.165, 1.54) is 0 Å². The standard InChI is InChI=1S/C13H10Cl3NO/c1-7-4-9(17)6-11(16)13(7)18-12-3-2-8(14)5-10(12)15/h2-6H,17H2,1H3. The van der Waals surface area contributed by atoms with Crippen LogP contribution in [0.4, 0.5) is 5.69 Å². The van der Waals surface area contributed by atoms with Gasteiger partial charge in [0.25, 0.3) is 0 Å². The third-order valence-corrected chi connectivity index (χ3v) is 3.17. The number of hydrogen-bond acceptors (Lipinski definition) is 2. The molecule has 5 heteroatoms. The Kier molecular flexibility index (Phi) is 3.91. The number of nitrogens with two attached hydrogens (primary N) is 1. The number of hydrogen-bond donors (Lipinski definition) is 1. The highest BCUT2D eigenvalue weighted by Gasteiger charge is 2.10. The lowest BCUT2D eigenvalue weighted by Crippen LogP contribution is -1.92. The van der Waals surface area contributed by atoms with E-state index in [1.54, 1.807) is 30.3 Å². The second kappa shape index (κ2) is 5.27. The van der Waals surface area contributed by atoms with Crippen molar-refractivity contribution in [1.29, 1.82) is 0 Å². The predicted molar refractivity (Wildman–Crippen MR) is 77.1 cm³/mol. The molecule has 0 bridgehead atoms. The van der Waals surface area contributed by atoms with Crippen LogP contribution in [0.5, 0.6) is 11.5 Å². The first-order valence-corrected chi connectivity index (χ1v) is 6.29. The number of anilines is 1. The van der Waals surface area contributed by atoms with E-state index < -0.39 is 0 Å². The van der Waals surface area contributed by atoms with Crippen LogP contribution >= 0.6 is 34.8 Å². The quantitative estimate of drug-likeness (QED) is 0.761. The average molecular weight is 303 g/mol. The minimum absolute atomic E-state index is 0.426. The summed E-state index contributed by atoms with van der Waals surface area (Å²) in [6, 6.07) is 8.41. The Hall–Kier alpha value is -1.09. The zero-order valence-corrected chi connectivity index (χ0v) is 11.8. The number of nitrogen functional groups attached to an aromatic ring is 1. The van der Waals surface area contributed by atoms with Crippen LogP contribution in [0.1, 0.15) is 5.56 Å². The largest absolute Gasteiger partial charge is 0.454 e. The number of rotatable bonds is 2. The van der Waals surface area contributed by atoms with E-state index in [4.69, 9.17) is 45.3 Å². The maximum absolute atomic E-state index is 6.09. The second-order valence-corrected chi connectivity index (χ2v) is 5.08. The molecule has 18 heavy (non-hydrogen) atoms. The van der Waals surface area contributed by atoms with Crippen molar-refractivity contribution in [2.45, 2.75) is 6.92 Å².